The summed E-state index contributed by atoms with van der Waals surface area (Å²) in [6, 6.07) is 5.29. The van der Waals surface area contributed by atoms with E-state index in [-0.39, 0.29) is 12.5 Å². The fraction of sp³-hybridized carbons (Fsp3) is 0.500. The number of ether oxygens (including phenoxy) is 3. The zero-order valence-corrected chi connectivity index (χ0v) is 12.2. The predicted molar refractivity (Wildman–Crippen MR) is 76.3 cm³/mol. The molecule has 1 rings (SSSR count). The van der Waals surface area contributed by atoms with Gasteiger partial charge in [0.1, 0.15) is 0 Å². The van der Waals surface area contributed by atoms with E-state index in [1.165, 1.54) is 14.2 Å². The minimum absolute atomic E-state index is 0.0716. The number of nitrogens with zero attached hydrogens (tertiary/aromatic N) is 1. The average Bonchev–Trinajstić information content (AvgIpc) is 2.49. The van der Waals surface area contributed by atoms with Gasteiger partial charge in [-0.25, -0.2) is 0 Å². The number of benzene rings is 1. The summed E-state index contributed by atoms with van der Waals surface area (Å²) in [5.41, 5.74) is 5.42. The van der Waals surface area contributed by atoms with Crippen LogP contribution in [0.15, 0.2) is 18.2 Å². The number of carbonyl (C=O) groups excluding carboxylic acids is 1. The van der Waals surface area contributed by atoms with Crippen molar-refractivity contribution in [3.8, 4) is 17.2 Å². The lowest BCUT2D eigenvalue weighted by atomic mass is 10.3. The fourth-order valence-electron chi connectivity index (χ4n) is 1.66. The first kappa shape index (κ1) is 16.1. The summed E-state index contributed by atoms with van der Waals surface area (Å²) >= 11 is 0. The number of methoxy groups -OCH3 is 2. The highest BCUT2D eigenvalue weighted by molar-refractivity contribution is 5.77. The van der Waals surface area contributed by atoms with E-state index in [1.54, 1.807) is 30.1 Å². The van der Waals surface area contributed by atoms with Gasteiger partial charge in [0.15, 0.2) is 18.1 Å². The third-order valence-electron chi connectivity index (χ3n) is 2.85. The van der Waals surface area contributed by atoms with E-state index < -0.39 is 0 Å². The summed E-state index contributed by atoms with van der Waals surface area (Å²) in [7, 11) is 4.80. The Morgan fingerprint density at radius 1 is 1.25 bits per heavy atom. The molecule has 0 bridgehead atoms. The molecule has 1 aromatic rings. The van der Waals surface area contributed by atoms with E-state index in [0.29, 0.717) is 30.3 Å². The number of hydrogen-bond acceptors (Lipinski definition) is 5. The Morgan fingerprint density at radius 2 is 1.85 bits per heavy atom. The Balaban J connectivity index is 2.67. The molecular formula is C14H22N2O4. The van der Waals surface area contributed by atoms with Crippen LogP contribution in [0, 0.1) is 0 Å². The Kier molecular flexibility index (Phi) is 6.66. The number of carbonyl (C=O) groups is 1. The molecule has 20 heavy (non-hydrogen) atoms. The molecule has 0 aliphatic heterocycles. The second-order valence-corrected chi connectivity index (χ2v) is 4.24. The highest BCUT2D eigenvalue weighted by Crippen LogP contribution is 2.36. The molecule has 0 heterocycles. The lowest BCUT2D eigenvalue weighted by Crippen LogP contribution is -2.33. The summed E-state index contributed by atoms with van der Waals surface area (Å²) < 4.78 is 15.9. The molecule has 2 N–H and O–H groups in total. The molecule has 0 unspecified atom stereocenters. The summed E-state index contributed by atoms with van der Waals surface area (Å²) in [6.07, 6.45) is 0.764. The van der Waals surface area contributed by atoms with Crippen LogP contribution < -0.4 is 19.9 Å². The lowest BCUT2D eigenvalue weighted by Gasteiger charge is -2.18. The van der Waals surface area contributed by atoms with Crippen molar-refractivity contribution in [2.75, 3.05) is 41.0 Å². The number of para-hydroxylation sites is 1. The van der Waals surface area contributed by atoms with Gasteiger partial charge in [0, 0.05) is 13.6 Å². The van der Waals surface area contributed by atoms with Crippen LogP contribution in [0.1, 0.15) is 6.42 Å². The summed E-state index contributed by atoms with van der Waals surface area (Å²) in [5, 5.41) is 0. The number of rotatable bonds is 8. The van der Waals surface area contributed by atoms with E-state index in [2.05, 4.69) is 0 Å². The number of hydrogen-bond donors (Lipinski definition) is 1. The van der Waals surface area contributed by atoms with E-state index in [0.717, 1.165) is 6.42 Å². The maximum Gasteiger partial charge on any atom is 0.260 e. The molecule has 1 aromatic carbocycles. The van der Waals surface area contributed by atoms with Gasteiger partial charge in [0.2, 0.25) is 5.75 Å². The van der Waals surface area contributed by atoms with Crippen LogP contribution in [0.3, 0.4) is 0 Å². The van der Waals surface area contributed by atoms with Crippen molar-refractivity contribution < 1.29 is 19.0 Å². The molecule has 0 spiro atoms. The van der Waals surface area contributed by atoms with E-state index in [4.69, 9.17) is 19.9 Å². The predicted octanol–water partition coefficient (Wildman–Crippen LogP) is 0.890. The number of nitrogens with two attached hydrogens (primary N) is 1. The standard InChI is InChI=1S/C14H22N2O4/c1-16(9-5-8-15)13(17)10-20-14-11(18-2)6-4-7-12(14)19-3/h4,6-7H,5,8-10,15H2,1-3H3. The molecule has 112 valence electrons. The highest BCUT2D eigenvalue weighted by atomic mass is 16.5. The van der Waals surface area contributed by atoms with Crippen LogP contribution in [-0.4, -0.2) is 51.8 Å². The quantitative estimate of drug-likeness (QED) is 0.766. The van der Waals surface area contributed by atoms with E-state index in [9.17, 15) is 4.79 Å². The molecule has 0 radical (unpaired) electrons. The topological polar surface area (TPSA) is 74.0 Å². The zero-order valence-electron chi connectivity index (χ0n) is 12.2. The largest absolute Gasteiger partial charge is 0.493 e. The summed E-state index contributed by atoms with van der Waals surface area (Å²) in [6.45, 7) is 1.10. The molecule has 0 saturated heterocycles. The summed E-state index contributed by atoms with van der Waals surface area (Å²) in [5.74, 6) is 1.37. The molecule has 0 aromatic heterocycles. The second-order valence-electron chi connectivity index (χ2n) is 4.24. The van der Waals surface area contributed by atoms with Gasteiger partial charge in [0.25, 0.3) is 5.91 Å². The summed E-state index contributed by atoms with van der Waals surface area (Å²) in [4.78, 5) is 13.5. The monoisotopic (exact) mass is 282 g/mol. The maximum absolute atomic E-state index is 11.9. The Morgan fingerprint density at radius 3 is 2.35 bits per heavy atom. The van der Waals surface area contributed by atoms with Gasteiger partial charge in [-0.15, -0.1) is 0 Å². The minimum Gasteiger partial charge on any atom is -0.493 e. The molecule has 6 nitrogen and oxygen atoms in total. The van der Waals surface area contributed by atoms with Crippen molar-refractivity contribution in [3.63, 3.8) is 0 Å². The van der Waals surface area contributed by atoms with Crippen LogP contribution in [0.4, 0.5) is 0 Å². The maximum atomic E-state index is 11.9. The van der Waals surface area contributed by atoms with Crippen molar-refractivity contribution in [2.45, 2.75) is 6.42 Å². The SMILES string of the molecule is COc1cccc(OC)c1OCC(=O)N(C)CCCN. The molecule has 0 aliphatic carbocycles. The van der Waals surface area contributed by atoms with Crippen LogP contribution in [0.25, 0.3) is 0 Å². The molecular weight excluding hydrogens is 260 g/mol. The number of amides is 1. The lowest BCUT2D eigenvalue weighted by molar-refractivity contribution is -0.132. The van der Waals surface area contributed by atoms with Gasteiger partial charge in [0.05, 0.1) is 14.2 Å². The van der Waals surface area contributed by atoms with Crippen LogP contribution in [0.2, 0.25) is 0 Å². The molecule has 0 aliphatic rings. The highest BCUT2D eigenvalue weighted by Gasteiger charge is 2.15. The van der Waals surface area contributed by atoms with Gasteiger partial charge >= 0.3 is 0 Å². The van der Waals surface area contributed by atoms with Gasteiger partial charge in [-0.3, -0.25) is 4.79 Å². The zero-order chi connectivity index (χ0) is 15.0. The normalized spacial score (nSPS) is 10.0. The molecule has 0 fully saturated rings. The fourth-order valence-corrected chi connectivity index (χ4v) is 1.66. The Labute approximate surface area is 119 Å². The molecule has 0 saturated carbocycles. The van der Waals surface area contributed by atoms with Crippen LogP contribution >= 0.6 is 0 Å². The second kappa shape index (κ2) is 8.27. The Bertz CT molecular complexity index is 415. The first-order valence-corrected chi connectivity index (χ1v) is 6.41. The van der Waals surface area contributed by atoms with Gasteiger partial charge in [-0.1, -0.05) is 6.07 Å². The number of likely N-dealkylation sites (N-methyl/N-ethyl adjacent to an activating group) is 1. The van der Waals surface area contributed by atoms with Crippen molar-refractivity contribution >= 4 is 5.91 Å². The minimum atomic E-state index is -0.119. The third-order valence-corrected chi connectivity index (χ3v) is 2.85. The molecule has 6 heteroatoms. The molecule has 1 amide bonds. The van der Waals surface area contributed by atoms with Gasteiger partial charge in [-0.05, 0) is 25.1 Å². The average molecular weight is 282 g/mol. The molecule has 0 atom stereocenters. The Hall–Kier alpha value is -1.95. The van der Waals surface area contributed by atoms with Crippen molar-refractivity contribution in [1.82, 2.24) is 4.90 Å². The first-order chi connectivity index (χ1) is 9.63. The van der Waals surface area contributed by atoms with Crippen molar-refractivity contribution in [2.24, 2.45) is 5.73 Å². The van der Waals surface area contributed by atoms with Crippen molar-refractivity contribution in [3.05, 3.63) is 18.2 Å². The van der Waals surface area contributed by atoms with Gasteiger partial charge in [-0.2, -0.15) is 0 Å². The first-order valence-electron chi connectivity index (χ1n) is 6.41. The van der Waals surface area contributed by atoms with Crippen LogP contribution in [-0.2, 0) is 4.79 Å². The van der Waals surface area contributed by atoms with Gasteiger partial charge < -0.3 is 24.8 Å². The van der Waals surface area contributed by atoms with Crippen molar-refractivity contribution in [1.29, 1.82) is 0 Å². The third kappa shape index (κ3) is 4.31. The van der Waals surface area contributed by atoms with E-state index >= 15 is 0 Å². The van der Waals surface area contributed by atoms with E-state index in [1.807, 2.05) is 0 Å². The smallest absolute Gasteiger partial charge is 0.260 e. The van der Waals surface area contributed by atoms with Crippen LogP contribution in [0.5, 0.6) is 17.2 Å².